The van der Waals surface area contributed by atoms with Gasteiger partial charge in [-0.2, -0.15) is 0 Å². The summed E-state index contributed by atoms with van der Waals surface area (Å²) >= 11 is 0. The lowest BCUT2D eigenvalue weighted by Crippen LogP contribution is -2.38. The number of methoxy groups -OCH3 is 2. The van der Waals surface area contributed by atoms with Crippen LogP contribution in [0.3, 0.4) is 0 Å². The third-order valence-electron chi connectivity index (χ3n) is 7.29. The summed E-state index contributed by atoms with van der Waals surface area (Å²) in [7, 11) is 3.32. The number of rotatable bonds is 5. The molecule has 172 valence electrons. The Bertz CT molecular complexity index is 1410. The smallest absolute Gasteiger partial charge is 0.223 e. The molecule has 5 nitrogen and oxygen atoms in total. The number of benzene rings is 4. The molecule has 0 radical (unpaired) electrons. The minimum absolute atomic E-state index is 0.258. The summed E-state index contributed by atoms with van der Waals surface area (Å²) in [6.45, 7) is 1.17. The lowest BCUT2D eigenvalue weighted by molar-refractivity contribution is -0.129. The van der Waals surface area contributed by atoms with Gasteiger partial charge < -0.3 is 19.1 Å². The molecule has 0 aromatic heterocycles. The second kappa shape index (κ2) is 8.24. The number of fused-ring (bicyclic) bond motifs is 7. The predicted octanol–water partition coefficient (Wildman–Crippen LogP) is 5.64. The van der Waals surface area contributed by atoms with E-state index in [9.17, 15) is 4.79 Å². The van der Waals surface area contributed by atoms with Gasteiger partial charge in [-0.1, -0.05) is 36.4 Å². The van der Waals surface area contributed by atoms with Crippen molar-refractivity contribution < 1.29 is 19.0 Å². The molecule has 6 rings (SSSR count). The van der Waals surface area contributed by atoms with Crippen LogP contribution in [0.25, 0.3) is 21.5 Å². The summed E-state index contributed by atoms with van der Waals surface area (Å²) in [4.78, 5) is 14.6. The second-order valence-electron chi connectivity index (χ2n) is 9.11. The number of ether oxygens (including phenoxy) is 3. The van der Waals surface area contributed by atoms with Crippen molar-refractivity contribution in [2.45, 2.75) is 38.5 Å². The Labute approximate surface area is 198 Å². The fourth-order valence-electron chi connectivity index (χ4n) is 5.56. The first-order chi connectivity index (χ1) is 16.7. The SMILES string of the molecule is COc1cc2c3c(c4ccc(OCc5ccccc5)cc4c2cc1OC)CC1CCC(=O)N1C3. The van der Waals surface area contributed by atoms with Crippen LogP contribution in [0.15, 0.2) is 60.7 Å². The molecule has 2 aliphatic rings. The molecule has 0 saturated carbocycles. The lowest BCUT2D eigenvalue weighted by Gasteiger charge is -2.33. The standard InChI is InChI=1S/C29H27NO4/c1-32-27-14-24-23-13-20(34-17-18-6-4-3-5-7-18)9-10-21(23)22-12-19-8-11-29(31)30(19)16-26(22)25(24)15-28(27)33-2/h3-7,9-10,13-15,19H,8,11-12,16-17H2,1-2H3. The van der Waals surface area contributed by atoms with Crippen molar-refractivity contribution in [3.8, 4) is 17.2 Å². The van der Waals surface area contributed by atoms with E-state index in [1.807, 2.05) is 18.2 Å². The van der Waals surface area contributed by atoms with E-state index in [2.05, 4.69) is 47.4 Å². The third-order valence-corrected chi connectivity index (χ3v) is 7.29. The summed E-state index contributed by atoms with van der Waals surface area (Å²) in [5.41, 5.74) is 3.68. The molecule has 1 saturated heterocycles. The lowest BCUT2D eigenvalue weighted by atomic mass is 9.85. The molecule has 0 spiro atoms. The largest absolute Gasteiger partial charge is 0.493 e. The molecule has 1 fully saturated rings. The summed E-state index contributed by atoms with van der Waals surface area (Å²) in [6, 6.07) is 21.0. The molecule has 2 heterocycles. The van der Waals surface area contributed by atoms with E-state index in [1.54, 1.807) is 14.2 Å². The zero-order valence-electron chi connectivity index (χ0n) is 19.5. The van der Waals surface area contributed by atoms with Crippen molar-refractivity contribution in [1.82, 2.24) is 4.90 Å². The number of nitrogens with zero attached hydrogens (tertiary/aromatic N) is 1. The van der Waals surface area contributed by atoms with Crippen LogP contribution >= 0.6 is 0 Å². The number of hydrogen-bond acceptors (Lipinski definition) is 4. The van der Waals surface area contributed by atoms with E-state index in [-0.39, 0.29) is 11.9 Å². The average Bonchev–Trinajstić information content (AvgIpc) is 3.25. The molecule has 0 bridgehead atoms. The van der Waals surface area contributed by atoms with E-state index >= 15 is 0 Å². The molecule has 34 heavy (non-hydrogen) atoms. The Kier molecular flexibility index (Phi) is 5.05. The third kappa shape index (κ3) is 3.35. The van der Waals surface area contributed by atoms with Gasteiger partial charge >= 0.3 is 0 Å². The van der Waals surface area contributed by atoms with Gasteiger partial charge in [0.1, 0.15) is 12.4 Å². The van der Waals surface area contributed by atoms with Crippen molar-refractivity contribution in [3.63, 3.8) is 0 Å². The van der Waals surface area contributed by atoms with Gasteiger partial charge in [0.25, 0.3) is 0 Å². The molecule has 1 unspecified atom stereocenters. The maximum atomic E-state index is 12.5. The van der Waals surface area contributed by atoms with Gasteiger partial charge in [-0.3, -0.25) is 4.79 Å². The molecule has 5 heteroatoms. The maximum Gasteiger partial charge on any atom is 0.223 e. The monoisotopic (exact) mass is 453 g/mol. The van der Waals surface area contributed by atoms with Gasteiger partial charge in [0.15, 0.2) is 11.5 Å². The molecular formula is C29H27NO4. The Morgan fingerprint density at radius 2 is 1.59 bits per heavy atom. The van der Waals surface area contributed by atoms with Crippen molar-refractivity contribution in [3.05, 3.63) is 77.4 Å². The topological polar surface area (TPSA) is 48.0 Å². The van der Waals surface area contributed by atoms with Crippen LogP contribution in [0, 0.1) is 0 Å². The fraction of sp³-hybridized carbons (Fsp3) is 0.276. The van der Waals surface area contributed by atoms with Crippen molar-refractivity contribution >= 4 is 27.5 Å². The molecular weight excluding hydrogens is 426 g/mol. The zero-order chi connectivity index (χ0) is 23.2. The van der Waals surface area contributed by atoms with Crippen LogP contribution in [-0.4, -0.2) is 31.1 Å². The first-order valence-electron chi connectivity index (χ1n) is 11.8. The van der Waals surface area contributed by atoms with Gasteiger partial charge in [0.05, 0.1) is 14.2 Å². The highest BCUT2D eigenvalue weighted by atomic mass is 16.5. The highest BCUT2D eigenvalue weighted by molar-refractivity contribution is 6.12. The van der Waals surface area contributed by atoms with Gasteiger partial charge in [-0.15, -0.1) is 0 Å². The summed E-state index contributed by atoms with van der Waals surface area (Å²) in [5.74, 6) is 2.48. The minimum atomic E-state index is 0.258. The quantitative estimate of drug-likeness (QED) is 0.367. The van der Waals surface area contributed by atoms with Crippen LogP contribution in [0.2, 0.25) is 0 Å². The van der Waals surface area contributed by atoms with E-state index in [1.165, 1.54) is 16.5 Å². The Hall–Kier alpha value is -3.73. The summed E-state index contributed by atoms with van der Waals surface area (Å²) in [5, 5.41) is 4.55. The van der Waals surface area contributed by atoms with Gasteiger partial charge in [0.2, 0.25) is 5.91 Å². The summed E-state index contributed by atoms with van der Waals surface area (Å²) < 4.78 is 17.4. The van der Waals surface area contributed by atoms with Gasteiger partial charge in [-0.05, 0) is 75.3 Å². The molecule has 4 aromatic rings. The number of amides is 1. The predicted molar refractivity (Wildman–Crippen MR) is 133 cm³/mol. The van der Waals surface area contributed by atoms with Crippen LogP contribution < -0.4 is 14.2 Å². The summed E-state index contributed by atoms with van der Waals surface area (Å²) in [6.07, 6.45) is 2.46. The molecule has 2 aliphatic heterocycles. The average molecular weight is 454 g/mol. The molecule has 1 amide bonds. The molecule has 1 atom stereocenters. The normalized spacial score (nSPS) is 17.1. The first kappa shape index (κ1) is 20.8. The van der Waals surface area contributed by atoms with Crippen LogP contribution in [-0.2, 0) is 24.4 Å². The zero-order valence-corrected chi connectivity index (χ0v) is 19.5. The van der Waals surface area contributed by atoms with E-state index in [4.69, 9.17) is 14.2 Å². The Balaban J connectivity index is 1.53. The van der Waals surface area contributed by atoms with Crippen LogP contribution in [0.5, 0.6) is 17.2 Å². The van der Waals surface area contributed by atoms with E-state index < -0.39 is 0 Å². The van der Waals surface area contributed by atoms with E-state index in [0.29, 0.717) is 31.1 Å². The molecule has 4 aromatic carbocycles. The van der Waals surface area contributed by atoms with Crippen molar-refractivity contribution in [2.24, 2.45) is 0 Å². The Morgan fingerprint density at radius 3 is 2.35 bits per heavy atom. The van der Waals surface area contributed by atoms with Gasteiger partial charge in [0, 0.05) is 19.0 Å². The number of hydrogen-bond donors (Lipinski definition) is 0. The number of carbonyl (C=O) groups is 1. The van der Waals surface area contributed by atoms with Crippen molar-refractivity contribution in [1.29, 1.82) is 0 Å². The maximum absolute atomic E-state index is 12.5. The van der Waals surface area contributed by atoms with E-state index in [0.717, 1.165) is 40.3 Å². The first-order valence-corrected chi connectivity index (χ1v) is 11.8. The highest BCUT2D eigenvalue weighted by Gasteiger charge is 2.36. The van der Waals surface area contributed by atoms with Crippen LogP contribution in [0.4, 0.5) is 0 Å². The fourth-order valence-corrected chi connectivity index (χ4v) is 5.56. The minimum Gasteiger partial charge on any atom is -0.493 e. The van der Waals surface area contributed by atoms with Crippen LogP contribution in [0.1, 0.15) is 29.5 Å². The Morgan fingerprint density at radius 1 is 0.853 bits per heavy atom. The highest BCUT2D eigenvalue weighted by Crippen LogP contribution is 2.44. The molecule has 0 N–H and O–H groups in total. The molecule has 0 aliphatic carbocycles. The number of carbonyl (C=O) groups excluding carboxylic acids is 1. The van der Waals surface area contributed by atoms with Gasteiger partial charge in [-0.25, -0.2) is 0 Å². The van der Waals surface area contributed by atoms with Crippen molar-refractivity contribution in [2.75, 3.05) is 14.2 Å². The second-order valence-corrected chi connectivity index (χ2v) is 9.11.